The minimum absolute atomic E-state index is 0.229. The van der Waals surface area contributed by atoms with Crippen molar-refractivity contribution in [2.24, 2.45) is 0 Å². The summed E-state index contributed by atoms with van der Waals surface area (Å²) in [6.45, 7) is 2.92. The first-order valence-electron chi connectivity index (χ1n) is 9.18. The van der Waals surface area contributed by atoms with Crippen molar-refractivity contribution >= 4 is 27.9 Å². The second-order valence-electron chi connectivity index (χ2n) is 6.09. The highest BCUT2D eigenvalue weighted by Gasteiger charge is 2.08. The molecule has 0 atom stereocenters. The van der Waals surface area contributed by atoms with E-state index >= 15 is 0 Å². The van der Waals surface area contributed by atoms with Gasteiger partial charge in [-0.3, -0.25) is 9.59 Å². The molecule has 0 saturated heterocycles. The van der Waals surface area contributed by atoms with Gasteiger partial charge in [0.2, 0.25) is 0 Å². The number of carbonyl (C=O) groups is 2. The Morgan fingerprint density at radius 1 is 0.880 bits per heavy atom. The molecule has 0 unspecified atom stereocenters. The lowest BCUT2D eigenvalue weighted by molar-refractivity contribution is -0.146. The van der Waals surface area contributed by atoms with Crippen LogP contribution < -0.4 is 0 Å². The van der Waals surface area contributed by atoms with Crippen LogP contribution in [0.2, 0.25) is 0 Å². The van der Waals surface area contributed by atoms with Crippen molar-refractivity contribution in [3.63, 3.8) is 0 Å². The van der Waals surface area contributed by atoms with Crippen LogP contribution in [0.15, 0.2) is 28.7 Å². The summed E-state index contributed by atoms with van der Waals surface area (Å²) < 4.78 is 11.3. The van der Waals surface area contributed by atoms with Gasteiger partial charge in [-0.05, 0) is 18.9 Å². The molecule has 0 heterocycles. The van der Waals surface area contributed by atoms with E-state index in [1.807, 2.05) is 24.3 Å². The van der Waals surface area contributed by atoms with E-state index in [1.165, 1.54) is 25.7 Å². The molecular weight excluding hydrogens is 384 g/mol. The monoisotopic (exact) mass is 412 g/mol. The van der Waals surface area contributed by atoms with Gasteiger partial charge in [-0.25, -0.2) is 0 Å². The van der Waals surface area contributed by atoms with E-state index in [-0.39, 0.29) is 31.4 Å². The first-order valence-corrected chi connectivity index (χ1v) is 9.97. The molecule has 140 valence electrons. The highest BCUT2D eigenvalue weighted by Crippen LogP contribution is 2.17. The van der Waals surface area contributed by atoms with E-state index in [0.29, 0.717) is 13.0 Å². The molecule has 0 amide bonds. The first-order chi connectivity index (χ1) is 12.1. The predicted octanol–water partition coefficient (Wildman–Crippen LogP) is 5.57. The molecule has 0 aliphatic carbocycles. The van der Waals surface area contributed by atoms with Crippen LogP contribution >= 0.6 is 15.9 Å². The molecule has 0 bridgehead atoms. The quantitative estimate of drug-likeness (QED) is 0.314. The normalized spacial score (nSPS) is 10.5. The lowest BCUT2D eigenvalue weighted by Crippen LogP contribution is -2.09. The van der Waals surface area contributed by atoms with Crippen molar-refractivity contribution in [3.8, 4) is 0 Å². The molecule has 0 aliphatic heterocycles. The van der Waals surface area contributed by atoms with Gasteiger partial charge in [0.15, 0.2) is 0 Å². The molecule has 1 aromatic carbocycles. The minimum atomic E-state index is -0.292. The van der Waals surface area contributed by atoms with Crippen molar-refractivity contribution < 1.29 is 19.1 Å². The summed E-state index contributed by atoms with van der Waals surface area (Å²) in [5.74, 6) is -0.522. The number of unbranched alkanes of at least 4 members (excludes halogenated alkanes) is 5. The first kappa shape index (κ1) is 21.7. The minimum Gasteiger partial charge on any atom is -0.466 e. The van der Waals surface area contributed by atoms with Crippen LogP contribution in [-0.2, 0) is 25.7 Å². The standard InChI is InChI=1S/C20H29BrO4/c1-2-3-4-5-6-9-15-24-19(22)13-10-14-20(23)25-16-17-11-7-8-12-18(17)21/h7-8,11-12H,2-6,9-10,13-16H2,1H3. The van der Waals surface area contributed by atoms with Crippen LogP contribution in [-0.4, -0.2) is 18.5 Å². The van der Waals surface area contributed by atoms with Crippen LogP contribution in [0.25, 0.3) is 0 Å². The van der Waals surface area contributed by atoms with Crippen LogP contribution in [0.5, 0.6) is 0 Å². The Hall–Kier alpha value is -1.36. The van der Waals surface area contributed by atoms with Crippen molar-refractivity contribution in [3.05, 3.63) is 34.3 Å². The van der Waals surface area contributed by atoms with Gasteiger partial charge in [-0.2, -0.15) is 0 Å². The molecule has 0 fully saturated rings. The number of ether oxygens (including phenoxy) is 2. The van der Waals surface area contributed by atoms with Crippen molar-refractivity contribution in [2.45, 2.75) is 71.3 Å². The second-order valence-corrected chi connectivity index (χ2v) is 6.95. The lowest BCUT2D eigenvalue weighted by Gasteiger charge is -2.07. The van der Waals surface area contributed by atoms with Gasteiger partial charge in [-0.1, -0.05) is 73.2 Å². The van der Waals surface area contributed by atoms with Crippen molar-refractivity contribution in [1.82, 2.24) is 0 Å². The number of esters is 2. The van der Waals surface area contributed by atoms with Crippen LogP contribution in [0.1, 0.15) is 70.3 Å². The topological polar surface area (TPSA) is 52.6 Å². The van der Waals surface area contributed by atoms with Gasteiger partial charge in [0.1, 0.15) is 6.61 Å². The van der Waals surface area contributed by atoms with E-state index < -0.39 is 0 Å². The summed E-state index contributed by atoms with van der Waals surface area (Å²) in [4.78, 5) is 23.3. The summed E-state index contributed by atoms with van der Waals surface area (Å²) in [5, 5.41) is 0. The van der Waals surface area contributed by atoms with Gasteiger partial charge in [0, 0.05) is 22.9 Å². The summed E-state index contributed by atoms with van der Waals surface area (Å²) in [6, 6.07) is 7.61. The average Bonchev–Trinajstić information content (AvgIpc) is 2.60. The number of hydrogen-bond acceptors (Lipinski definition) is 4. The maximum absolute atomic E-state index is 11.7. The molecule has 25 heavy (non-hydrogen) atoms. The van der Waals surface area contributed by atoms with Crippen molar-refractivity contribution in [1.29, 1.82) is 0 Å². The molecule has 4 nitrogen and oxygen atoms in total. The zero-order valence-corrected chi connectivity index (χ0v) is 16.7. The highest BCUT2D eigenvalue weighted by atomic mass is 79.9. The maximum atomic E-state index is 11.7. The molecule has 0 aromatic heterocycles. The highest BCUT2D eigenvalue weighted by molar-refractivity contribution is 9.10. The number of halogens is 1. The summed E-state index contributed by atoms with van der Waals surface area (Å²) >= 11 is 3.41. The van der Waals surface area contributed by atoms with Gasteiger partial charge in [-0.15, -0.1) is 0 Å². The molecule has 0 aliphatic rings. The number of rotatable bonds is 13. The molecule has 0 spiro atoms. The molecule has 5 heteroatoms. The molecule has 1 aromatic rings. The SMILES string of the molecule is CCCCCCCCOC(=O)CCCC(=O)OCc1ccccc1Br. The largest absolute Gasteiger partial charge is 0.466 e. The second kappa shape index (κ2) is 13.9. The van der Waals surface area contributed by atoms with Gasteiger partial charge in [0.25, 0.3) is 0 Å². The molecule has 0 N–H and O–H groups in total. The fraction of sp³-hybridized carbons (Fsp3) is 0.600. The fourth-order valence-electron chi connectivity index (χ4n) is 2.36. The summed E-state index contributed by atoms with van der Waals surface area (Å²) in [5.41, 5.74) is 0.925. The summed E-state index contributed by atoms with van der Waals surface area (Å²) in [6.07, 6.45) is 7.96. The fourth-order valence-corrected chi connectivity index (χ4v) is 2.76. The molecule has 1 rings (SSSR count). The smallest absolute Gasteiger partial charge is 0.306 e. The Morgan fingerprint density at radius 3 is 2.24 bits per heavy atom. The van der Waals surface area contributed by atoms with Gasteiger partial charge >= 0.3 is 11.9 Å². The van der Waals surface area contributed by atoms with Gasteiger partial charge in [0.05, 0.1) is 6.61 Å². The molecule has 0 radical (unpaired) electrons. The van der Waals surface area contributed by atoms with Crippen molar-refractivity contribution in [2.75, 3.05) is 6.61 Å². The third kappa shape index (κ3) is 11.0. The molecular formula is C20H29BrO4. The van der Waals surface area contributed by atoms with E-state index in [1.54, 1.807) is 0 Å². The Morgan fingerprint density at radius 2 is 1.52 bits per heavy atom. The van der Waals surface area contributed by atoms with Gasteiger partial charge < -0.3 is 9.47 Å². The third-order valence-electron chi connectivity index (χ3n) is 3.87. The number of hydrogen-bond donors (Lipinski definition) is 0. The Bertz CT molecular complexity index is 516. The number of carbonyl (C=O) groups excluding carboxylic acids is 2. The Balaban J connectivity index is 2.01. The third-order valence-corrected chi connectivity index (χ3v) is 4.64. The van der Waals surface area contributed by atoms with Crippen LogP contribution in [0, 0.1) is 0 Å². The average molecular weight is 413 g/mol. The van der Waals surface area contributed by atoms with E-state index in [4.69, 9.17) is 9.47 Å². The maximum Gasteiger partial charge on any atom is 0.306 e. The Labute approximate surface area is 159 Å². The van der Waals surface area contributed by atoms with E-state index in [2.05, 4.69) is 22.9 Å². The summed E-state index contributed by atoms with van der Waals surface area (Å²) in [7, 11) is 0. The van der Waals surface area contributed by atoms with Crippen LogP contribution in [0.3, 0.4) is 0 Å². The predicted molar refractivity (Wildman–Crippen MR) is 102 cm³/mol. The van der Waals surface area contributed by atoms with E-state index in [9.17, 15) is 9.59 Å². The molecule has 0 saturated carbocycles. The zero-order chi connectivity index (χ0) is 18.3. The van der Waals surface area contributed by atoms with E-state index in [0.717, 1.165) is 22.9 Å². The van der Waals surface area contributed by atoms with Crippen LogP contribution in [0.4, 0.5) is 0 Å². The zero-order valence-electron chi connectivity index (χ0n) is 15.1. The number of benzene rings is 1. The lowest BCUT2D eigenvalue weighted by atomic mass is 10.1. The Kier molecular flexibility index (Phi) is 12.0.